The van der Waals surface area contributed by atoms with Gasteiger partial charge in [0, 0.05) is 28.7 Å². The van der Waals surface area contributed by atoms with Gasteiger partial charge in [-0.15, -0.1) is 11.3 Å². The molecule has 194 valence electrons. The highest BCUT2D eigenvalue weighted by Gasteiger charge is 2.49. The van der Waals surface area contributed by atoms with Gasteiger partial charge in [-0.25, -0.2) is 0 Å². The van der Waals surface area contributed by atoms with Crippen molar-refractivity contribution in [2.45, 2.75) is 49.3 Å². The topological polar surface area (TPSA) is 150 Å². The molecule has 1 aromatic heterocycles. The number of hydrogen-bond acceptors (Lipinski definition) is 7. The number of amides is 1. The lowest BCUT2D eigenvalue weighted by Gasteiger charge is -2.37. The number of rotatable bonds is 4. The second-order valence-electron chi connectivity index (χ2n) is 10.4. The maximum atomic E-state index is 14.1. The van der Waals surface area contributed by atoms with E-state index in [1.807, 2.05) is 54.6 Å². The number of nitrogens with one attached hydrogen (secondary N) is 1. The molecule has 1 amide bonds. The molecule has 2 aliphatic rings. The zero-order valence-electron chi connectivity index (χ0n) is 20.9. The van der Waals surface area contributed by atoms with E-state index in [4.69, 9.17) is 22.9 Å². The van der Waals surface area contributed by atoms with Gasteiger partial charge in [-0.3, -0.25) is 9.59 Å². The molecule has 6 rings (SSSR count). The number of ketones is 1. The number of Topliss-reactive ketones (excluding diaryl/α,β-unsaturated/α-hetero) is 1. The molecule has 4 aromatic rings. The van der Waals surface area contributed by atoms with Crippen LogP contribution in [0.25, 0.3) is 21.2 Å². The Morgan fingerprint density at radius 3 is 2.45 bits per heavy atom. The summed E-state index contributed by atoms with van der Waals surface area (Å²) in [4.78, 5) is 28.0. The van der Waals surface area contributed by atoms with Crippen molar-refractivity contribution in [3.8, 4) is 11.1 Å². The average Bonchev–Trinajstić information content (AvgIpc) is 3.35. The summed E-state index contributed by atoms with van der Waals surface area (Å²) >= 11 is 1.26. The van der Waals surface area contributed by atoms with E-state index in [1.54, 1.807) is 12.1 Å². The Morgan fingerprint density at radius 1 is 0.947 bits per heavy atom. The molecule has 0 bridgehead atoms. The monoisotopic (exact) mass is 525 g/mol. The van der Waals surface area contributed by atoms with Crippen LogP contribution >= 0.6 is 11.3 Å². The van der Waals surface area contributed by atoms with Gasteiger partial charge in [-0.2, -0.15) is 0 Å². The second kappa shape index (κ2) is 9.32. The number of benzene rings is 3. The summed E-state index contributed by atoms with van der Waals surface area (Å²) in [5.74, 6) is -0.629. The molecule has 0 saturated heterocycles. The van der Waals surface area contributed by atoms with Gasteiger partial charge < -0.3 is 28.3 Å². The smallest absolute Gasteiger partial charge is 0.262 e. The van der Waals surface area contributed by atoms with Gasteiger partial charge in [-0.1, -0.05) is 67.4 Å². The fourth-order valence-electron chi connectivity index (χ4n) is 5.99. The Bertz CT molecular complexity index is 1570. The molecule has 1 fully saturated rings. The highest BCUT2D eigenvalue weighted by molar-refractivity contribution is 7.21. The zero-order valence-corrected chi connectivity index (χ0v) is 21.8. The van der Waals surface area contributed by atoms with Crippen LogP contribution in [0.3, 0.4) is 0 Å². The Labute approximate surface area is 225 Å². The van der Waals surface area contributed by atoms with E-state index in [-0.39, 0.29) is 23.8 Å². The first-order valence-electron chi connectivity index (χ1n) is 13.0. The van der Waals surface area contributed by atoms with Gasteiger partial charge >= 0.3 is 0 Å². The summed E-state index contributed by atoms with van der Waals surface area (Å²) in [6, 6.07) is 19.9. The van der Waals surface area contributed by atoms with Gasteiger partial charge in [0.1, 0.15) is 5.54 Å². The molecule has 2 aliphatic carbocycles. The van der Waals surface area contributed by atoms with E-state index in [0.29, 0.717) is 37.3 Å². The van der Waals surface area contributed by atoms with Gasteiger partial charge in [-0.05, 0) is 47.2 Å². The molecule has 0 spiro atoms. The lowest BCUT2D eigenvalue weighted by Crippen LogP contribution is -2.53. The van der Waals surface area contributed by atoms with Gasteiger partial charge in [0.15, 0.2) is 5.78 Å². The Hall–Kier alpha value is -3.56. The molecule has 38 heavy (non-hydrogen) atoms. The SMILES string of the molecule is Nc1ccc2c3c(c(C(=O)N[C@@H]4CCCC[C@@H]4N)sc13)C(N)C(=O)C2(N)c1cccc(-c2ccccc2)c1. The minimum atomic E-state index is -1.50. The van der Waals surface area contributed by atoms with E-state index < -0.39 is 11.6 Å². The van der Waals surface area contributed by atoms with Crippen molar-refractivity contribution >= 4 is 38.8 Å². The lowest BCUT2D eigenvalue weighted by atomic mass is 9.70. The molecule has 2 unspecified atom stereocenters. The fourth-order valence-corrected chi connectivity index (χ4v) is 7.20. The van der Waals surface area contributed by atoms with E-state index in [9.17, 15) is 9.59 Å². The third-order valence-corrected chi connectivity index (χ3v) is 9.33. The molecule has 8 heteroatoms. The van der Waals surface area contributed by atoms with Crippen LogP contribution in [-0.4, -0.2) is 23.8 Å². The van der Waals surface area contributed by atoms with Crippen molar-refractivity contribution in [1.82, 2.24) is 5.32 Å². The summed E-state index contributed by atoms with van der Waals surface area (Å²) in [6.07, 6.45) is 3.78. The molecule has 3 aromatic carbocycles. The Kier molecular flexibility index (Phi) is 6.07. The van der Waals surface area contributed by atoms with Crippen LogP contribution in [0, 0.1) is 0 Å². The summed E-state index contributed by atoms with van der Waals surface area (Å²) in [5, 5.41) is 3.81. The van der Waals surface area contributed by atoms with Gasteiger partial charge in [0.05, 0.1) is 15.6 Å². The zero-order chi connectivity index (χ0) is 26.6. The Morgan fingerprint density at radius 2 is 1.68 bits per heavy atom. The van der Waals surface area contributed by atoms with Crippen LogP contribution < -0.4 is 28.3 Å². The van der Waals surface area contributed by atoms with Gasteiger partial charge in [0.2, 0.25) is 0 Å². The predicted molar refractivity (Wildman–Crippen MR) is 153 cm³/mol. The first-order chi connectivity index (χ1) is 18.3. The molecular weight excluding hydrogens is 494 g/mol. The quantitative estimate of drug-likeness (QED) is 0.255. The molecule has 4 atom stereocenters. The van der Waals surface area contributed by atoms with Crippen LogP contribution in [0.2, 0.25) is 0 Å². The van der Waals surface area contributed by atoms with Gasteiger partial charge in [0.25, 0.3) is 5.91 Å². The normalized spacial score (nSPS) is 24.9. The van der Waals surface area contributed by atoms with Crippen molar-refractivity contribution in [3.05, 3.63) is 88.3 Å². The minimum Gasteiger partial charge on any atom is -0.398 e. The van der Waals surface area contributed by atoms with Crippen molar-refractivity contribution in [2.24, 2.45) is 17.2 Å². The number of carbonyl (C=O) groups excluding carboxylic acids is 2. The average molecular weight is 526 g/mol. The van der Waals surface area contributed by atoms with Crippen molar-refractivity contribution in [2.75, 3.05) is 5.73 Å². The maximum Gasteiger partial charge on any atom is 0.262 e. The van der Waals surface area contributed by atoms with Crippen molar-refractivity contribution in [1.29, 1.82) is 0 Å². The van der Waals surface area contributed by atoms with Crippen LogP contribution in [-0.2, 0) is 10.3 Å². The van der Waals surface area contributed by atoms with Crippen molar-refractivity contribution in [3.63, 3.8) is 0 Å². The first kappa shape index (κ1) is 24.8. The summed E-state index contributed by atoms with van der Waals surface area (Å²) in [7, 11) is 0. The molecular formula is C30H31N5O2S. The predicted octanol–water partition coefficient (Wildman–Crippen LogP) is 3.94. The molecule has 7 nitrogen and oxygen atoms in total. The first-order valence-corrected chi connectivity index (χ1v) is 13.8. The Balaban J connectivity index is 1.50. The lowest BCUT2D eigenvalue weighted by molar-refractivity contribution is -0.124. The largest absolute Gasteiger partial charge is 0.398 e. The number of thiophene rings is 1. The number of hydrogen-bond donors (Lipinski definition) is 5. The second-order valence-corrected chi connectivity index (χ2v) is 11.4. The summed E-state index contributed by atoms with van der Waals surface area (Å²) in [5.41, 5.74) is 29.1. The number of nitrogen functional groups attached to an aromatic ring is 1. The highest BCUT2D eigenvalue weighted by Crippen LogP contribution is 2.49. The third-order valence-electron chi connectivity index (χ3n) is 8.08. The highest BCUT2D eigenvalue weighted by atomic mass is 32.1. The molecule has 1 saturated carbocycles. The molecule has 0 aliphatic heterocycles. The van der Waals surface area contributed by atoms with Crippen molar-refractivity contribution < 1.29 is 9.59 Å². The van der Waals surface area contributed by atoms with Crippen LogP contribution in [0.4, 0.5) is 5.69 Å². The summed E-state index contributed by atoms with van der Waals surface area (Å²) < 4.78 is 0.715. The number of anilines is 1. The molecule has 1 heterocycles. The van der Waals surface area contributed by atoms with E-state index in [2.05, 4.69) is 5.32 Å². The van der Waals surface area contributed by atoms with E-state index in [1.165, 1.54) is 11.3 Å². The maximum absolute atomic E-state index is 14.1. The minimum absolute atomic E-state index is 0.0945. The third kappa shape index (κ3) is 3.75. The van der Waals surface area contributed by atoms with Crippen LogP contribution in [0.1, 0.15) is 58.1 Å². The number of carbonyl (C=O) groups is 2. The standard InChI is InChI=1S/C30H31N5O2S/c31-20-11-4-5-12-22(20)35-29(37)27-24-23-19(13-14-21(32)26(23)38-27)30(34,28(36)25(24)33)18-10-6-9-17(15-18)16-7-2-1-3-8-16/h1-3,6-10,13-15,20,22,25H,4-5,11-12,31-34H2,(H,35,37)/t20-,22+,25?,30?/m0/s1. The fraction of sp³-hybridized carbons (Fsp3) is 0.267. The van der Waals surface area contributed by atoms with E-state index >= 15 is 0 Å². The molecule has 9 N–H and O–H groups in total. The van der Waals surface area contributed by atoms with E-state index in [0.717, 1.165) is 36.8 Å². The number of nitrogens with two attached hydrogens (primary N) is 4. The van der Waals surface area contributed by atoms with Crippen LogP contribution in [0.5, 0.6) is 0 Å². The summed E-state index contributed by atoms with van der Waals surface area (Å²) in [6.45, 7) is 0. The van der Waals surface area contributed by atoms with Crippen LogP contribution in [0.15, 0.2) is 66.7 Å². The molecule has 0 radical (unpaired) electrons.